The summed E-state index contributed by atoms with van der Waals surface area (Å²) in [5, 5.41) is 4.81. The summed E-state index contributed by atoms with van der Waals surface area (Å²) in [6.07, 6.45) is 0. The molecule has 2 rings (SSSR count). The van der Waals surface area contributed by atoms with Crippen LogP contribution in [0.15, 0.2) is 16.9 Å². The molecule has 0 saturated carbocycles. The Bertz CT molecular complexity index is 577. The molecule has 16 heavy (non-hydrogen) atoms. The predicted molar refractivity (Wildman–Crippen MR) is 63.7 cm³/mol. The molecule has 1 heterocycles. The molecule has 1 aromatic heterocycles. The Morgan fingerprint density at radius 2 is 1.81 bits per heavy atom. The van der Waals surface area contributed by atoms with Crippen LogP contribution in [-0.2, 0) is 0 Å². The van der Waals surface area contributed by atoms with Gasteiger partial charge in [-0.1, -0.05) is 23.2 Å². The highest BCUT2D eigenvalue weighted by Gasteiger charge is 2.13. The summed E-state index contributed by atoms with van der Waals surface area (Å²) in [5.41, 5.74) is 0.979. The molecule has 0 spiro atoms. The molecule has 0 bridgehead atoms. The van der Waals surface area contributed by atoms with Crippen molar-refractivity contribution >= 4 is 23.2 Å². The third-order valence-electron chi connectivity index (χ3n) is 2.10. The number of halogens is 2. The summed E-state index contributed by atoms with van der Waals surface area (Å²) < 4.78 is 1.17. The van der Waals surface area contributed by atoms with Gasteiger partial charge in [0.05, 0.1) is 10.0 Å². The van der Waals surface area contributed by atoms with Crippen LogP contribution in [0, 0.1) is 13.8 Å². The first-order valence-electron chi connectivity index (χ1n) is 4.61. The fourth-order valence-corrected chi connectivity index (χ4v) is 2.23. The molecule has 84 valence electrons. The fraction of sp³-hybridized carbons (Fsp3) is 0.200. The first-order chi connectivity index (χ1) is 7.49. The zero-order valence-corrected chi connectivity index (χ0v) is 10.2. The molecule has 0 radical (unpaired) electrons. The molecule has 1 N–H and O–H groups in total. The van der Waals surface area contributed by atoms with Crippen molar-refractivity contribution in [3.63, 3.8) is 0 Å². The summed E-state index contributed by atoms with van der Waals surface area (Å²) in [6.45, 7) is 3.56. The molecule has 2 aromatic rings. The molecule has 0 aliphatic heterocycles. The van der Waals surface area contributed by atoms with E-state index in [9.17, 15) is 4.79 Å². The summed E-state index contributed by atoms with van der Waals surface area (Å²) in [5.74, 6) is 0.512. The van der Waals surface area contributed by atoms with Crippen molar-refractivity contribution in [1.82, 2.24) is 14.8 Å². The van der Waals surface area contributed by atoms with E-state index in [0.29, 0.717) is 21.6 Å². The quantitative estimate of drug-likeness (QED) is 0.854. The monoisotopic (exact) mass is 257 g/mol. The van der Waals surface area contributed by atoms with E-state index in [2.05, 4.69) is 10.1 Å². The molecular weight excluding hydrogens is 249 g/mol. The number of H-pyrrole nitrogens is 1. The first-order valence-corrected chi connectivity index (χ1v) is 5.36. The number of nitrogens with zero attached hydrogens (tertiary/aromatic N) is 2. The summed E-state index contributed by atoms with van der Waals surface area (Å²) in [4.78, 5) is 14.1. The maximum atomic E-state index is 11.6. The second-order valence-corrected chi connectivity index (χ2v) is 4.32. The summed E-state index contributed by atoms with van der Waals surface area (Å²) in [7, 11) is 0. The van der Waals surface area contributed by atoms with Gasteiger partial charge in [0.1, 0.15) is 11.5 Å². The van der Waals surface area contributed by atoms with Gasteiger partial charge in [-0.25, -0.2) is 4.79 Å². The van der Waals surface area contributed by atoms with Gasteiger partial charge in [0.2, 0.25) is 0 Å². The summed E-state index contributed by atoms with van der Waals surface area (Å²) in [6, 6.07) is 3.47. The highest BCUT2D eigenvalue weighted by Crippen LogP contribution is 2.28. The molecule has 0 aliphatic carbocycles. The van der Waals surface area contributed by atoms with Gasteiger partial charge >= 0.3 is 5.69 Å². The van der Waals surface area contributed by atoms with Crippen molar-refractivity contribution in [2.75, 3.05) is 0 Å². The minimum atomic E-state index is -0.356. The number of aromatic nitrogens is 3. The minimum Gasteiger partial charge on any atom is -0.293 e. The molecule has 4 nitrogen and oxygen atoms in total. The number of aryl methyl sites for hydroxylation is 2. The average Bonchev–Trinajstić information content (AvgIpc) is 2.43. The van der Waals surface area contributed by atoms with Crippen molar-refractivity contribution < 1.29 is 0 Å². The third-order valence-corrected chi connectivity index (χ3v) is 2.68. The van der Waals surface area contributed by atoms with Crippen LogP contribution in [0.4, 0.5) is 0 Å². The van der Waals surface area contributed by atoms with E-state index in [1.54, 1.807) is 19.1 Å². The number of benzene rings is 1. The number of aromatic amines is 1. The Labute approximate surface area is 102 Å². The zero-order chi connectivity index (χ0) is 11.9. The fourth-order valence-electron chi connectivity index (χ4n) is 1.47. The van der Waals surface area contributed by atoms with Gasteiger partial charge < -0.3 is 0 Å². The van der Waals surface area contributed by atoms with E-state index in [1.807, 2.05) is 6.92 Å². The number of rotatable bonds is 1. The smallest absolute Gasteiger partial charge is 0.293 e. The van der Waals surface area contributed by atoms with Crippen LogP contribution < -0.4 is 5.69 Å². The van der Waals surface area contributed by atoms with Crippen molar-refractivity contribution in [2.24, 2.45) is 0 Å². The van der Waals surface area contributed by atoms with Gasteiger partial charge in [0.15, 0.2) is 0 Å². The van der Waals surface area contributed by atoms with E-state index in [4.69, 9.17) is 23.2 Å². The highest BCUT2D eigenvalue weighted by molar-refractivity contribution is 6.37. The van der Waals surface area contributed by atoms with Gasteiger partial charge in [-0.05, 0) is 31.5 Å². The van der Waals surface area contributed by atoms with Gasteiger partial charge in [0.25, 0.3) is 0 Å². The maximum Gasteiger partial charge on any atom is 0.348 e. The Kier molecular flexibility index (Phi) is 2.78. The van der Waals surface area contributed by atoms with Crippen molar-refractivity contribution in [3.05, 3.63) is 44.1 Å². The van der Waals surface area contributed by atoms with Crippen LogP contribution >= 0.6 is 23.2 Å². The molecule has 0 atom stereocenters. The van der Waals surface area contributed by atoms with Crippen molar-refractivity contribution in [3.8, 4) is 5.69 Å². The van der Waals surface area contributed by atoms with Gasteiger partial charge in [-0.2, -0.15) is 9.78 Å². The molecule has 6 heteroatoms. The van der Waals surface area contributed by atoms with Crippen LogP contribution in [0.3, 0.4) is 0 Å². The third kappa shape index (κ3) is 1.86. The van der Waals surface area contributed by atoms with Crippen LogP contribution in [0.5, 0.6) is 0 Å². The lowest BCUT2D eigenvalue weighted by molar-refractivity contribution is 0.833. The largest absolute Gasteiger partial charge is 0.348 e. The Morgan fingerprint density at radius 1 is 1.25 bits per heavy atom. The average molecular weight is 258 g/mol. The van der Waals surface area contributed by atoms with E-state index in [0.717, 1.165) is 5.56 Å². The lowest BCUT2D eigenvalue weighted by atomic mass is 10.2. The maximum absolute atomic E-state index is 11.6. The zero-order valence-electron chi connectivity index (χ0n) is 8.71. The first kappa shape index (κ1) is 11.2. The number of nitrogens with one attached hydrogen (secondary N) is 1. The van der Waals surface area contributed by atoms with E-state index in [-0.39, 0.29) is 5.69 Å². The van der Waals surface area contributed by atoms with Crippen LogP contribution in [0.1, 0.15) is 11.4 Å². The molecular formula is C10H9Cl2N3O. The van der Waals surface area contributed by atoms with E-state index < -0.39 is 0 Å². The van der Waals surface area contributed by atoms with Crippen molar-refractivity contribution in [1.29, 1.82) is 0 Å². The number of hydrogen-bond donors (Lipinski definition) is 1. The lowest BCUT2D eigenvalue weighted by Gasteiger charge is -2.06. The SMILES string of the molecule is Cc1cc(Cl)c(-n2nc(C)[nH]c2=O)c(Cl)c1. The highest BCUT2D eigenvalue weighted by atomic mass is 35.5. The summed E-state index contributed by atoms with van der Waals surface area (Å²) >= 11 is 12.1. The van der Waals surface area contributed by atoms with Gasteiger partial charge in [0, 0.05) is 0 Å². The van der Waals surface area contributed by atoms with Crippen molar-refractivity contribution in [2.45, 2.75) is 13.8 Å². The lowest BCUT2D eigenvalue weighted by Crippen LogP contribution is -2.16. The molecule has 0 aliphatic rings. The van der Waals surface area contributed by atoms with E-state index >= 15 is 0 Å². The second kappa shape index (κ2) is 3.96. The predicted octanol–water partition coefficient (Wildman–Crippen LogP) is 2.48. The molecule has 0 fully saturated rings. The number of hydrogen-bond acceptors (Lipinski definition) is 2. The Morgan fingerprint density at radius 3 is 2.25 bits per heavy atom. The van der Waals surface area contributed by atoms with Gasteiger partial charge in [-0.15, -0.1) is 0 Å². The van der Waals surface area contributed by atoms with Crippen LogP contribution in [0.25, 0.3) is 5.69 Å². The minimum absolute atomic E-state index is 0.356. The van der Waals surface area contributed by atoms with Gasteiger partial charge in [-0.3, -0.25) is 4.98 Å². The molecule has 0 unspecified atom stereocenters. The second-order valence-electron chi connectivity index (χ2n) is 3.50. The molecule has 0 saturated heterocycles. The van der Waals surface area contributed by atoms with Crippen LogP contribution in [0.2, 0.25) is 10.0 Å². The normalized spacial score (nSPS) is 10.8. The Hall–Kier alpha value is -1.26. The molecule has 1 aromatic carbocycles. The van der Waals surface area contributed by atoms with Crippen LogP contribution in [-0.4, -0.2) is 14.8 Å². The van der Waals surface area contributed by atoms with E-state index in [1.165, 1.54) is 4.68 Å². The Balaban J connectivity index is 2.74. The molecule has 0 amide bonds. The standard InChI is InChI=1S/C10H9Cl2N3O/c1-5-3-7(11)9(8(12)4-5)15-10(16)13-6(2)14-15/h3-4H,1-2H3,(H,13,14,16). The topological polar surface area (TPSA) is 50.7 Å².